The highest BCUT2D eigenvalue weighted by Crippen LogP contribution is 2.26. The molecule has 2 aromatic carbocycles. The van der Waals surface area contributed by atoms with Crippen molar-refractivity contribution in [3.8, 4) is 5.69 Å². The minimum atomic E-state index is -0.216. The van der Waals surface area contributed by atoms with Crippen LogP contribution in [0, 0.1) is 5.92 Å². The number of hydrogen-bond donors (Lipinski definition) is 1. The molecule has 0 saturated carbocycles. The average molecular weight is 473 g/mol. The van der Waals surface area contributed by atoms with Gasteiger partial charge in [0.1, 0.15) is 5.15 Å². The first-order valence-electron chi connectivity index (χ1n) is 10.9. The Morgan fingerprint density at radius 1 is 1.00 bits per heavy atom. The third-order valence-electron chi connectivity index (χ3n) is 5.94. The van der Waals surface area contributed by atoms with Gasteiger partial charge in [-0.05, 0) is 54.6 Å². The summed E-state index contributed by atoms with van der Waals surface area (Å²) in [5.41, 5.74) is 2.53. The van der Waals surface area contributed by atoms with Crippen molar-refractivity contribution in [2.75, 3.05) is 18.0 Å². The molecule has 7 nitrogen and oxygen atoms in total. The molecule has 3 heterocycles. The van der Waals surface area contributed by atoms with Crippen molar-refractivity contribution in [3.63, 3.8) is 0 Å². The molecule has 0 aliphatic carbocycles. The lowest BCUT2D eigenvalue weighted by Crippen LogP contribution is -2.31. The lowest BCUT2D eigenvalue weighted by atomic mass is 10.1. The number of amides is 2. The predicted molar refractivity (Wildman–Crippen MR) is 132 cm³/mol. The Hall–Kier alpha value is -3.97. The summed E-state index contributed by atoms with van der Waals surface area (Å²) < 4.78 is 1.55. The minimum absolute atomic E-state index is 0.000829. The van der Waals surface area contributed by atoms with Crippen LogP contribution >= 0.6 is 11.6 Å². The van der Waals surface area contributed by atoms with E-state index in [0.29, 0.717) is 35.7 Å². The van der Waals surface area contributed by atoms with Crippen LogP contribution in [-0.4, -0.2) is 34.5 Å². The number of aromatic nitrogens is 2. The fourth-order valence-electron chi connectivity index (χ4n) is 4.17. The second kappa shape index (κ2) is 9.11. The molecule has 1 fully saturated rings. The van der Waals surface area contributed by atoms with E-state index in [4.69, 9.17) is 11.6 Å². The zero-order valence-electron chi connectivity index (χ0n) is 18.1. The minimum Gasteiger partial charge on any atom is -0.352 e. The van der Waals surface area contributed by atoms with Gasteiger partial charge >= 0.3 is 0 Å². The van der Waals surface area contributed by atoms with Crippen molar-refractivity contribution < 1.29 is 9.59 Å². The first-order chi connectivity index (χ1) is 16.5. The van der Waals surface area contributed by atoms with Gasteiger partial charge in [-0.15, -0.1) is 0 Å². The Balaban J connectivity index is 1.23. The van der Waals surface area contributed by atoms with Crippen molar-refractivity contribution in [3.05, 3.63) is 100 Å². The molecule has 1 N–H and O–H groups in total. The number of carbonyl (C=O) groups excluding carboxylic acids is 2. The van der Waals surface area contributed by atoms with Crippen LogP contribution in [0.15, 0.2) is 83.8 Å². The van der Waals surface area contributed by atoms with Crippen LogP contribution in [0.5, 0.6) is 0 Å². The molecule has 8 heteroatoms. The van der Waals surface area contributed by atoms with Crippen molar-refractivity contribution in [2.24, 2.45) is 5.92 Å². The maximum absolute atomic E-state index is 12.7. The molecule has 0 spiro atoms. The number of rotatable bonds is 5. The van der Waals surface area contributed by atoms with Crippen molar-refractivity contribution in [1.29, 1.82) is 0 Å². The first-order valence-corrected chi connectivity index (χ1v) is 11.3. The number of halogens is 1. The molecule has 1 unspecified atom stereocenters. The Kier molecular flexibility index (Phi) is 5.86. The molecule has 1 atom stereocenters. The van der Waals surface area contributed by atoms with Gasteiger partial charge in [-0.3, -0.25) is 19.0 Å². The number of benzene rings is 2. The maximum Gasteiger partial charge on any atom is 0.255 e. The third kappa shape index (κ3) is 4.43. The van der Waals surface area contributed by atoms with Gasteiger partial charge in [0.05, 0.1) is 5.52 Å². The topological polar surface area (TPSA) is 84.3 Å². The molecule has 1 aliphatic rings. The Morgan fingerprint density at radius 3 is 2.56 bits per heavy atom. The van der Waals surface area contributed by atoms with Gasteiger partial charge in [-0.1, -0.05) is 23.7 Å². The number of nitrogens with one attached hydrogen (secondary N) is 1. The Morgan fingerprint density at radius 2 is 1.76 bits per heavy atom. The van der Waals surface area contributed by atoms with Gasteiger partial charge in [-0.25, -0.2) is 4.98 Å². The normalized spacial score (nSPS) is 15.6. The second-order valence-corrected chi connectivity index (χ2v) is 8.64. The van der Waals surface area contributed by atoms with E-state index in [1.165, 1.54) is 6.07 Å². The predicted octanol–water partition coefficient (Wildman–Crippen LogP) is 3.82. The fraction of sp³-hybridized carbons (Fsp3) is 0.154. The third-order valence-corrected chi connectivity index (χ3v) is 6.15. The van der Waals surface area contributed by atoms with Crippen LogP contribution in [0.2, 0.25) is 5.15 Å². The smallest absolute Gasteiger partial charge is 0.255 e. The van der Waals surface area contributed by atoms with Crippen LogP contribution in [-0.2, 0) is 4.79 Å². The van der Waals surface area contributed by atoms with Gasteiger partial charge in [0, 0.05) is 60.0 Å². The summed E-state index contributed by atoms with van der Waals surface area (Å²) in [4.78, 5) is 43.3. The van der Waals surface area contributed by atoms with E-state index in [0.717, 1.165) is 16.8 Å². The molecule has 34 heavy (non-hydrogen) atoms. The van der Waals surface area contributed by atoms with Crippen molar-refractivity contribution in [1.82, 2.24) is 14.9 Å². The first kappa shape index (κ1) is 21.9. The van der Waals surface area contributed by atoms with Crippen molar-refractivity contribution in [2.45, 2.75) is 6.42 Å². The summed E-state index contributed by atoms with van der Waals surface area (Å²) >= 11 is 5.96. The van der Waals surface area contributed by atoms with Crippen LogP contribution in [0.4, 0.5) is 5.69 Å². The summed E-state index contributed by atoms with van der Waals surface area (Å²) in [6.45, 7) is 0.901. The lowest BCUT2D eigenvalue weighted by Gasteiger charge is -2.18. The molecule has 170 valence electrons. The fourth-order valence-corrected chi connectivity index (χ4v) is 4.33. The number of nitrogens with zero attached hydrogens (tertiary/aromatic N) is 3. The number of anilines is 1. The molecule has 2 amide bonds. The monoisotopic (exact) mass is 472 g/mol. The summed E-state index contributed by atoms with van der Waals surface area (Å²) in [6.07, 6.45) is 2.06. The van der Waals surface area contributed by atoms with Crippen LogP contribution < -0.4 is 15.8 Å². The molecular formula is C26H21ClN4O3. The Bertz CT molecular complexity index is 1450. The van der Waals surface area contributed by atoms with Gasteiger partial charge in [0.25, 0.3) is 11.5 Å². The van der Waals surface area contributed by atoms with Gasteiger partial charge in [0.15, 0.2) is 0 Å². The summed E-state index contributed by atoms with van der Waals surface area (Å²) in [5.74, 6) is -0.207. The van der Waals surface area contributed by atoms with Crippen LogP contribution in [0.1, 0.15) is 16.8 Å². The maximum atomic E-state index is 12.7. The largest absolute Gasteiger partial charge is 0.352 e. The highest BCUT2D eigenvalue weighted by Gasteiger charge is 2.30. The molecule has 2 aromatic heterocycles. The van der Waals surface area contributed by atoms with Crippen LogP contribution in [0.3, 0.4) is 0 Å². The zero-order valence-corrected chi connectivity index (χ0v) is 18.9. The van der Waals surface area contributed by atoms with Gasteiger partial charge in [-0.2, -0.15) is 0 Å². The Labute approximate surface area is 200 Å². The van der Waals surface area contributed by atoms with E-state index < -0.39 is 0 Å². The van der Waals surface area contributed by atoms with Gasteiger partial charge < -0.3 is 10.2 Å². The van der Waals surface area contributed by atoms with E-state index in [1.54, 1.807) is 46.0 Å². The highest BCUT2D eigenvalue weighted by molar-refractivity contribution is 6.29. The number of hydrogen-bond acceptors (Lipinski definition) is 4. The standard InChI is InChI=1S/C26H21ClN4O3/c27-23-11-6-18-4-5-19(14-22(18)29-23)26(34)28-15-17-13-25(33)31(16-17)21-9-7-20(8-10-21)30-12-2-1-3-24(30)32/h1-12,14,17H,13,15-16H2,(H,28,34). The zero-order chi connectivity index (χ0) is 23.7. The molecular weight excluding hydrogens is 452 g/mol. The van der Waals surface area contributed by atoms with E-state index >= 15 is 0 Å². The van der Waals surface area contributed by atoms with E-state index in [-0.39, 0.29) is 23.3 Å². The SMILES string of the molecule is O=C(NCC1CC(=O)N(c2ccc(-n3ccccc3=O)cc2)C1)c1ccc2ccc(Cl)nc2c1. The number of pyridine rings is 2. The molecule has 5 rings (SSSR count). The summed E-state index contributed by atoms with van der Waals surface area (Å²) in [5, 5.41) is 4.21. The summed E-state index contributed by atoms with van der Waals surface area (Å²) in [7, 11) is 0. The average Bonchev–Trinajstić information content (AvgIpc) is 3.23. The lowest BCUT2D eigenvalue weighted by molar-refractivity contribution is -0.117. The second-order valence-electron chi connectivity index (χ2n) is 8.25. The number of carbonyl (C=O) groups is 2. The molecule has 1 aliphatic heterocycles. The van der Waals surface area contributed by atoms with Crippen LogP contribution in [0.25, 0.3) is 16.6 Å². The quantitative estimate of drug-likeness (QED) is 0.447. The van der Waals surface area contributed by atoms with E-state index in [2.05, 4.69) is 10.3 Å². The molecule has 1 saturated heterocycles. The molecule has 0 radical (unpaired) electrons. The highest BCUT2D eigenvalue weighted by atomic mass is 35.5. The molecule has 4 aromatic rings. The van der Waals surface area contributed by atoms with Gasteiger partial charge in [0.2, 0.25) is 5.91 Å². The summed E-state index contributed by atoms with van der Waals surface area (Å²) in [6, 6.07) is 21.2. The number of fused-ring (bicyclic) bond motifs is 1. The van der Waals surface area contributed by atoms with E-state index in [9.17, 15) is 14.4 Å². The van der Waals surface area contributed by atoms with E-state index in [1.807, 2.05) is 36.4 Å². The molecule has 0 bridgehead atoms. The van der Waals surface area contributed by atoms with Crippen molar-refractivity contribution >= 4 is 40.0 Å².